The first-order valence-electron chi connectivity index (χ1n) is 27.7. The third kappa shape index (κ3) is 49.4. The summed E-state index contributed by atoms with van der Waals surface area (Å²) >= 11 is 0. The molecule has 6 nitrogen and oxygen atoms in total. The highest BCUT2D eigenvalue weighted by Crippen LogP contribution is 2.16. The first-order valence-corrected chi connectivity index (χ1v) is 27.7. The second-order valence-electron chi connectivity index (χ2n) is 18.9. The topological polar surface area (TPSA) is 95.9 Å². The molecule has 370 valence electrons. The fourth-order valence-electron chi connectivity index (χ4n) is 8.36. The third-order valence-electron chi connectivity index (χ3n) is 12.7. The number of aliphatic hydroxyl groups excluding tert-OH is 2. The van der Waals surface area contributed by atoms with Gasteiger partial charge in [0.2, 0.25) is 5.91 Å². The van der Waals surface area contributed by atoms with Gasteiger partial charge in [0.25, 0.3) is 0 Å². The SMILES string of the molecule is CCCC/C=C\C/C=C\CCCCCCCC(=O)OCCCCCCCCC/C=C\CCCCCCCC(=O)NC(CO)C(O)CCCCCCCCCCCCCCCCCC. The summed E-state index contributed by atoms with van der Waals surface area (Å²) in [4.78, 5) is 24.5. The van der Waals surface area contributed by atoms with Crippen molar-refractivity contribution >= 4 is 11.9 Å². The average molecular weight is 886 g/mol. The molecule has 0 aliphatic carbocycles. The van der Waals surface area contributed by atoms with Gasteiger partial charge in [-0.3, -0.25) is 9.59 Å². The number of esters is 1. The van der Waals surface area contributed by atoms with E-state index in [4.69, 9.17) is 4.74 Å². The molecule has 2 atom stereocenters. The van der Waals surface area contributed by atoms with Crippen LogP contribution in [-0.4, -0.2) is 47.4 Å². The monoisotopic (exact) mass is 886 g/mol. The lowest BCUT2D eigenvalue weighted by Crippen LogP contribution is -2.45. The average Bonchev–Trinajstić information content (AvgIpc) is 3.28. The molecule has 0 radical (unpaired) electrons. The van der Waals surface area contributed by atoms with E-state index in [0.717, 1.165) is 70.6 Å². The van der Waals surface area contributed by atoms with Gasteiger partial charge in [-0.2, -0.15) is 0 Å². The molecule has 63 heavy (non-hydrogen) atoms. The largest absolute Gasteiger partial charge is 0.466 e. The predicted molar refractivity (Wildman–Crippen MR) is 273 cm³/mol. The zero-order valence-corrected chi connectivity index (χ0v) is 42.1. The lowest BCUT2D eigenvalue weighted by molar-refractivity contribution is -0.143. The molecule has 0 bridgehead atoms. The number of nitrogens with one attached hydrogen (secondary N) is 1. The lowest BCUT2D eigenvalue weighted by atomic mass is 10.0. The summed E-state index contributed by atoms with van der Waals surface area (Å²) in [5, 5.41) is 23.3. The van der Waals surface area contributed by atoms with Crippen LogP contribution in [0.15, 0.2) is 36.5 Å². The molecule has 0 fully saturated rings. The highest BCUT2D eigenvalue weighted by Gasteiger charge is 2.20. The number of amides is 1. The Morgan fingerprint density at radius 2 is 0.810 bits per heavy atom. The third-order valence-corrected chi connectivity index (χ3v) is 12.7. The Labute approximate surface area is 392 Å². The van der Waals surface area contributed by atoms with Crippen LogP contribution < -0.4 is 5.32 Å². The maximum Gasteiger partial charge on any atom is 0.305 e. The first kappa shape index (κ1) is 61.1. The van der Waals surface area contributed by atoms with Crippen LogP contribution in [0.25, 0.3) is 0 Å². The van der Waals surface area contributed by atoms with Crippen LogP contribution in [0, 0.1) is 0 Å². The van der Waals surface area contributed by atoms with E-state index in [2.05, 4.69) is 55.6 Å². The van der Waals surface area contributed by atoms with E-state index in [-0.39, 0.29) is 18.5 Å². The number of carbonyl (C=O) groups excluding carboxylic acids is 2. The fourth-order valence-corrected chi connectivity index (χ4v) is 8.36. The second kappa shape index (κ2) is 52.7. The Hall–Kier alpha value is -1.92. The second-order valence-corrected chi connectivity index (χ2v) is 18.9. The number of aliphatic hydroxyl groups is 2. The molecular weight excluding hydrogens is 779 g/mol. The van der Waals surface area contributed by atoms with Gasteiger partial charge in [-0.05, 0) is 77.0 Å². The van der Waals surface area contributed by atoms with Crippen LogP contribution in [-0.2, 0) is 14.3 Å². The predicted octanol–water partition coefficient (Wildman–Crippen LogP) is 16.9. The van der Waals surface area contributed by atoms with Crippen molar-refractivity contribution in [2.45, 2.75) is 302 Å². The molecule has 0 aliphatic rings. The number of allylic oxidation sites excluding steroid dienone is 6. The molecule has 0 spiro atoms. The summed E-state index contributed by atoms with van der Waals surface area (Å²) in [6.07, 6.45) is 64.0. The minimum absolute atomic E-state index is 0.0176. The normalized spacial score (nSPS) is 12.9. The van der Waals surface area contributed by atoms with Gasteiger partial charge in [0.1, 0.15) is 0 Å². The Morgan fingerprint density at radius 3 is 1.27 bits per heavy atom. The molecule has 0 aromatic heterocycles. The number of rotatable bonds is 51. The van der Waals surface area contributed by atoms with Crippen LogP contribution in [0.5, 0.6) is 0 Å². The highest BCUT2D eigenvalue weighted by molar-refractivity contribution is 5.76. The molecule has 0 aromatic rings. The minimum Gasteiger partial charge on any atom is -0.466 e. The van der Waals surface area contributed by atoms with Crippen molar-refractivity contribution in [2.24, 2.45) is 0 Å². The van der Waals surface area contributed by atoms with Gasteiger partial charge in [0.05, 0.1) is 25.4 Å². The molecule has 0 rings (SSSR count). The van der Waals surface area contributed by atoms with Gasteiger partial charge < -0.3 is 20.3 Å². The number of hydrogen-bond donors (Lipinski definition) is 3. The minimum atomic E-state index is -0.675. The van der Waals surface area contributed by atoms with Crippen LogP contribution in [0.4, 0.5) is 0 Å². The van der Waals surface area contributed by atoms with Crippen molar-refractivity contribution in [1.29, 1.82) is 0 Å². The summed E-state index contributed by atoms with van der Waals surface area (Å²) in [7, 11) is 0. The van der Waals surface area contributed by atoms with Crippen LogP contribution in [0.2, 0.25) is 0 Å². The summed E-state index contributed by atoms with van der Waals surface area (Å²) in [5.74, 6) is -0.0695. The molecule has 0 heterocycles. The van der Waals surface area contributed by atoms with E-state index in [1.165, 1.54) is 186 Å². The van der Waals surface area contributed by atoms with Crippen molar-refractivity contribution in [3.63, 3.8) is 0 Å². The summed E-state index contributed by atoms with van der Waals surface area (Å²) in [6.45, 7) is 4.89. The van der Waals surface area contributed by atoms with E-state index >= 15 is 0 Å². The summed E-state index contributed by atoms with van der Waals surface area (Å²) in [6, 6.07) is -0.554. The van der Waals surface area contributed by atoms with Crippen molar-refractivity contribution in [1.82, 2.24) is 5.32 Å². The van der Waals surface area contributed by atoms with E-state index in [1.807, 2.05) is 0 Å². The summed E-state index contributed by atoms with van der Waals surface area (Å²) in [5.41, 5.74) is 0. The molecule has 0 saturated heterocycles. The van der Waals surface area contributed by atoms with Gasteiger partial charge in [-0.25, -0.2) is 0 Å². The molecule has 3 N–H and O–H groups in total. The van der Waals surface area contributed by atoms with Gasteiger partial charge >= 0.3 is 5.97 Å². The molecular formula is C57H107NO5. The van der Waals surface area contributed by atoms with E-state index in [1.54, 1.807) is 0 Å². The fraction of sp³-hybridized carbons (Fsp3) is 0.860. The van der Waals surface area contributed by atoms with Gasteiger partial charge in [-0.15, -0.1) is 0 Å². The van der Waals surface area contributed by atoms with Gasteiger partial charge in [0.15, 0.2) is 0 Å². The number of unbranched alkanes of at least 4 members (excludes halogenated alkanes) is 34. The number of ether oxygens (including phenoxy) is 1. The van der Waals surface area contributed by atoms with E-state index in [9.17, 15) is 19.8 Å². The van der Waals surface area contributed by atoms with E-state index in [0.29, 0.717) is 25.9 Å². The number of hydrogen-bond acceptors (Lipinski definition) is 5. The molecule has 2 unspecified atom stereocenters. The summed E-state index contributed by atoms with van der Waals surface area (Å²) < 4.78 is 5.45. The highest BCUT2D eigenvalue weighted by atomic mass is 16.5. The molecule has 0 aliphatic heterocycles. The molecule has 1 amide bonds. The Bertz CT molecular complexity index is 1020. The van der Waals surface area contributed by atoms with Gasteiger partial charge in [-0.1, -0.05) is 237 Å². The zero-order valence-electron chi connectivity index (χ0n) is 42.1. The Morgan fingerprint density at radius 1 is 0.444 bits per heavy atom. The van der Waals surface area contributed by atoms with Crippen molar-refractivity contribution in [2.75, 3.05) is 13.2 Å². The molecule has 6 heteroatoms. The van der Waals surface area contributed by atoms with Crippen molar-refractivity contribution in [3.05, 3.63) is 36.5 Å². The van der Waals surface area contributed by atoms with Crippen LogP contribution in [0.1, 0.15) is 290 Å². The smallest absolute Gasteiger partial charge is 0.305 e. The maximum absolute atomic E-state index is 12.5. The number of carbonyl (C=O) groups is 2. The van der Waals surface area contributed by atoms with Crippen molar-refractivity contribution in [3.8, 4) is 0 Å². The molecule has 0 aromatic carbocycles. The quantitative estimate of drug-likeness (QED) is 0.0321. The van der Waals surface area contributed by atoms with Crippen LogP contribution in [0.3, 0.4) is 0 Å². The van der Waals surface area contributed by atoms with E-state index < -0.39 is 12.1 Å². The zero-order chi connectivity index (χ0) is 45.8. The first-order chi connectivity index (χ1) is 31.0. The standard InChI is InChI=1S/C57H107NO5/c1-3-5-7-9-11-13-15-17-19-22-25-29-33-37-41-45-49-55(60)54(53-59)58-56(61)50-46-42-38-34-30-26-23-20-21-24-28-32-36-40-44-48-52-63-57(62)51-47-43-39-35-31-27-18-16-14-12-10-8-6-4-2/h10,12,16,18,20,23,54-55,59-60H,3-9,11,13-15,17,19,21-22,24-53H2,1-2H3,(H,58,61)/b12-10-,18-16-,23-20-. The Kier molecular flexibility index (Phi) is 51.1. The van der Waals surface area contributed by atoms with Crippen molar-refractivity contribution < 1.29 is 24.5 Å². The van der Waals surface area contributed by atoms with Crippen LogP contribution >= 0.6 is 0 Å². The maximum atomic E-state index is 12.5. The Balaban J connectivity index is 3.48. The van der Waals surface area contributed by atoms with Gasteiger partial charge in [0, 0.05) is 12.8 Å². The lowest BCUT2D eigenvalue weighted by Gasteiger charge is -2.22. The molecule has 0 saturated carbocycles.